The standard InChI is InChI=1S/C15H27N3S/c1-12(2)8-16-9-15-17-14(11-19-15)10-18-6-4-13(3)5-7-18/h11-13,16H,4-10H2,1-3H3. The fourth-order valence-corrected chi connectivity index (χ4v) is 3.17. The zero-order chi connectivity index (χ0) is 13.7. The van der Waals surface area contributed by atoms with E-state index in [0.717, 1.165) is 25.6 Å². The van der Waals surface area contributed by atoms with E-state index in [4.69, 9.17) is 4.98 Å². The van der Waals surface area contributed by atoms with Crippen LogP contribution in [0.5, 0.6) is 0 Å². The van der Waals surface area contributed by atoms with Crippen molar-refractivity contribution >= 4 is 11.3 Å². The van der Waals surface area contributed by atoms with E-state index in [-0.39, 0.29) is 0 Å². The highest BCUT2D eigenvalue weighted by molar-refractivity contribution is 7.09. The average Bonchev–Trinajstić information content (AvgIpc) is 2.79. The van der Waals surface area contributed by atoms with Gasteiger partial charge in [0.25, 0.3) is 0 Å². The van der Waals surface area contributed by atoms with Gasteiger partial charge in [-0.15, -0.1) is 11.3 Å². The molecule has 0 saturated carbocycles. The highest BCUT2D eigenvalue weighted by atomic mass is 32.1. The number of aromatic nitrogens is 1. The lowest BCUT2D eigenvalue weighted by atomic mass is 9.99. The molecule has 1 aromatic heterocycles. The molecule has 1 fully saturated rings. The monoisotopic (exact) mass is 281 g/mol. The minimum Gasteiger partial charge on any atom is -0.310 e. The number of hydrogen-bond donors (Lipinski definition) is 1. The Hall–Kier alpha value is -0.450. The molecule has 3 nitrogen and oxygen atoms in total. The van der Waals surface area contributed by atoms with E-state index in [0.29, 0.717) is 5.92 Å². The van der Waals surface area contributed by atoms with Crippen LogP contribution in [-0.2, 0) is 13.1 Å². The van der Waals surface area contributed by atoms with Crippen LogP contribution >= 0.6 is 11.3 Å². The fraction of sp³-hybridized carbons (Fsp3) is 0.800. The molecule has 2 heterocycles. The molecule has 1 aliphatic heterocycles. The van der Waals surface area contributed by atoms with Crippen molar-refractivity contribution in [1.29, 1.82) is 0 Å². The Bertz CT molecular complexity index is 367. The van der Waals surface area contributed by atoms with Gasteiger partial charge in [-0.05, 0) is 44.3 Å². The maximum Gasteiger partial charge on any atom is 0.107 e. The molecule has 108 valence electrons. The van der Waals surface area contributed by atoms with Gasteiger partial charge < -0.3 is 5.32 Å². The molecule has 0 bridgehead atoms. The van der Waals surface area contributed by atoms with Gasteiger partial charge in [-0.1, -0.05) is 20.8 Å². The van der Waals surface area contributed by atoms with Gasteiger partial charge in [0, 0.05) is 18.5 Å². The van der Waals surface area contributed by atoms with E-state index in [1.807, 2.05) is 0 Å². The number of rotatable bonds is 6. The molecule has 0 spiro atoms. The molecule has 2 rings (SSSR count). The topological polar surface area (TPSA) is 28.2 Å². The first-order valence-corrected chi connectivity index (χ1v) is 8.38. The Morgan fingerprint density at radius 2 is 2.16 bits per heavy atom. The third-order valence-electron chi connectivity index (χ3n) is 3.69. The summed E-state index contributed by atoms with van der Waals surface area (Å²) in [6, 6.07) is 0. The number of hydrogen-bond acceptors (Lipinski definition) is 4. The Balaban J connectivity index is 1.74. The van der Waals surface area contributed by atoms with E-state index >= 15 is 0 Å². The normalized spacial score (nSPS) is 18.3. The lowest BCUT2D eigenvalue weighted by molar-refractivity contribution is 0.183. The van der Waals surface area contributed by atoms with Gasteiger partial charge >= 0.3 is 0 Å². The molecule has 1 N–H and O–H groups in total. The van der Waals surface area contributed by atoms with Crippen molar-refractivity contribution in [2.24, 2.45) is 11.8 Å². The summed E-state index contributed by atoms with van der Waals surface area (Å²) < 4.78 is 0. The molecule has 0 radical (unpaired) electrons. The van der Waals surface area contributed by atoms with Gasteiger partial charge in [0.05, 0.1) is 5.69 Å². The molecule has 0 aliphatic carbocycles. The second kappa shape index (κ2) is 7.36. The summed E-state index contributed by atoms with van der Waals surface area (Å²) >= 11 is 1.79. The Morgan fingerprint density at radius 3 is 2.84 bits per heavy atom. The Labute approximate surface area is 121 Å². The van der Waals surface area contributed by atoms with Crippen molar-refractivity contribution in [2.75, 3.05) is 19.6 Å². The van der Waals surface area contributed by atoms with E-state index < -0.39 is 0 Å². The third kappa shape index (κ3) is 5.21. The molecule has 1 aliphatic rings. The van der Waals surface area contributed by atoms with Gasteiger partial charge in [0.15, 0.2) is 0 Å². The summed E-state index contributed by atoms with van der Waals surface area (Å²) in [6.07, 6.45) is 2.68. The minimum atomic E-state index is 0.703. The smallest absolute Gasteiger partial charge is 0.107 e. The van der Waals surface area contributed by atoms with Crippen LogP contribution < -0.4 is 5.32 Å². The zero-order valence-corrected chi connectivity index (χ0v) is 13.3. The van der Waals surface area contributed by atoms with Crippen molar-refractivity contribution in [1.82, 2.24) is 15.2 Å². The van der Waals surface area contributed by atoms with Crippen LogP contribution in [0.1, 0.15) is 44.3 Å². The van der Waals surface area contributed by atoms with Crippen molar-refractivity contribution in [3.63, 3.8) is 0 Å². The largest absolute Gasteiger partial charge is 0.310 e. The van der Waals surface area contributed by atoms with Gasteiger partial charge in [-0.2, -0.15) is 0 Å². The van der Waals surface area contributed by atoms with Crippen LogP contribution in [0.4, 0.5) is 0 Å². The van der Waals surface area contributed by atoms with Crippen LogP contribution in [0.3, 0.4) is 0 Å². The van der Waals surface area contributed by atoms with Crippen molar-refractivity contribution < 1.29 is 0 Å². The number of nitrogens with one attached hydrogen (secondary N) is 1. The van der Waals surface area contributed by atoms with Gasteiger partial charge in [0.2, 0.25) is 0 Å². The molecule has 19 heavy (non-hydrogen) atoms. The van der Waals surface area contributed by atoms with Crippen LogP contribution in [0.25, 0.3) is 0 Å². The Kier molecular flexibility index (Phi) is 5.79. The second-order valence-corrected chi connectivity index (χ2v) is 7.16. The SMILES string of the molecule is CC(C)CNCc1nc(CN2CCC(C)CC2)cs1. The lowest BCUT2D eigenvalue weighted by Gasteiger charge is -2.29. The maximum absolute atomic E-state index is 4.73. The first-order valence-electron chi connectivity index (χ1n) is 7.50. The van der Waals surface area contributed by atoms with Gasteiger partial charge in [-0.25, -0.2) is 4.98 Å². The van der Waals surface area contributed by atoms with Gasteiger partial charge in [-0.3, -0.25) is 4.90 Å². The summed E-state index contributed by atoms with van der Waals surface area (Å²) in [5, 5.41) is 6.91. The second-order valence-electron chi connectivity index (χ2n) is 6.22. The quantitative estimate of drug-likeness (QED) is 0.868. The predicted molar refractivity (Wildman–Crippen MR) is 82.3 cm³/mol. The summed E-state index contributed by atoms with van der Waals surface area (Å²) in [5.74, 6) is 1.61. The summed E-state index contributed by atoms with van der Waals surface area (Å²) in [7, 11) is 0. The number of piperidine rings is 1. The number of thiazole rings is 1. The molecule has 0 amide bonds. The molecule has 1 aromatic rings. The van der Waals surface area contributed by atoms with Gasteiger partial charge in [0.1, 0.15) is 5.01 Å². The summed E-state index contributed by atoms with van der Waals surface area (Å²) in [4.78, 5) is 7.28. The first kappa shape index (κ1) is 14.9. The predicted octanol–water partition coefficient (Wildman–Crippen LogP) is 3.12. The molecule has 0 unspecified atom stereocenters. The average molecular weight is 281 g/mol. The van der Waals surface area contributed by atoms with Crippen LogP contribution in [-0.4, -0.2) is 29.5 Å². The van der Waals surface area contributed by atoms with Crippen LogP contribution in [0, 0.1) is 11.8 Å². The van der Waals surface area contributed by atoms with E-state index in [1.54, 1.807) is 11.3 Å². The van der Waals surface area contributed by atoms with Crippen molar-refractivity contribution in [3.8, 4) is 0 Å². The molecule has 0 aromatic carbocycles. The van der Waals surface area contributed by atoms with Crippen LogP contribution in [0.2, 0.25) is 0 Å². The highest BCUT2D eigenvalue weighted by Gasteiger charge is 2.16. The molecule has 1 saturated heterocycles. The maximum atomic E-state index is 4.73. The fourth-order valence-electron chi connectivity index (χ4n) is 2.42. The third-order valence-corrected chi connectivity index (χ3v) is 4.59. The van der Waals surface area contributed by atoms with E-state index in [1.165, 1.54) is 36.6 Å². The highest BCUT2D eigenvalue weighted by Crippen LogP contribution is 2.19. The number of nitrogens with zero attached hydrogens (tertiary/aromatic N) is 2. The van der Waals surface area contributed by atoms with Crippen LogP contribution in [0.15, 0.2) is 5.38 Å². The van der Waals surface area contributed by atoms with E-state index in [9.17, 15) is 0 Å². The molecular weight excluding hydrogens is 254 g/mol. The zero-order valence-electron chi connectivity index (χ0n) is 12.5. The number of likely N-dealkylation sites (tertiary alicyclic amines) is 1. The van der Waals surface area contributed by atoms with E-state index in [2.05, 4.69) is 36.4 Å². The first-order chi connectivity index (χ1) is 9.13. The molecule has 4 heteroatoms. The van der Waals surface area contributed by atoms with Crippen molar-refractivity contribution in [3.05, 3.63) is 16.1 Å². The van der Waals surface area contributed by atoms with Crippen molar-refractivity contribution in [2.45, 2.75) is 46.7 Å². The summed E-state index contributed by atoms with van der Waals surface area (Å²) in [6.45, 7) is 12.3. The minimum absolute atomic E-state index is 0.703. The molecular formula is C15H27N3S. The summed E-state index contributed by atoms with van der Waals surface area (Å²) in [5.41, 5.74) is 1.25. The lowest BCUT2D eigenvalue weighted by Crippen LogP contribution is -2.32. The molecule has 0 atom stereocenters. The Morgan fingerprint density at radius 1 is 1.42 bits per heavy atom.